The van der Waals surface area contributed by atoms with Crippen molar-refractivity contribution < 1.29 is 9.18 Å². The second-order valence-corrected chi connectivity index (χ2v) is 6.45. The Morgan fingerprint density at radius 3 is 3.23 bits per heavy atom. The van der Waals surface area contributed by atoms with E-state index in [1.54, 1.807) is 23.5 Å². The summed E-state index contributed by atoms with van der Waals surface area (Å²) in [5.74, 6) is -0.0349. The molecule has 0 saturated heterocycles. The normalized spacial score (nSPS) is 20.2. The van der Waals surface area contributed by atoms with E-state index in [1.165, 1.54) is 6.07 Å². The zero-order valence-corrected chi connectivity index (χ0v) is 12.5. The second-order valence-electron chi connectivity index (χ2n) is 5.57. The fourth-order valence-corrected chi connectivity index (χ4v) is 3.46. The highest BCUT2D eigenvalue weighted by molar-refractivity contribution is 7.15. The maximum atomic E-state index is 13.2. The van der Waals surface area contributed by atoms with Gasteiger partial charge in [-0.2, -0.15) is 0 Å². The summed E-state index contributed by atoms with van der Waals surface area (Å²) in [7, 11) is 0. The number of aromatic nitrogens is 2. The molecule has 4 rings (SSSR count). The van der Waals surface area contributed by atoms with Crippen LogP contribution in [0.4, 0.5) is 4.39 Å². The number of imidazole rings is 1. The average molecular weight is 315 g/mol. The van der Waals surface area contributed by atoms with Crippen molar-refractivity contribution in [1.29, 1.82) is 0 Å². The van der Waals surface area contributed by atoms with E-state index in [1.807, 2.05) is 28.2 Å². The monoisotopic (exact) mass is 315 g/mol. The Morgan fingerprint density at radius 1 is 1.50 bits per heavy atom. The molecular weight excluding hydrogens is 301 g/mol. The van der Waals surface area contributed by atoms with Gasteiger partial charge in [0.1, 0.15) is 5.82 Å². The fraction of sp³-hybridized carbons (Fsp3) is 0.250. The number of halogens is 1. The van der Waals surface area contributed by atoms with Crippen LogP contribution in [0.1, 0.15) is 23.6 Å². The number of carbonyl (C=O) groups excluding carboxylic acids is 1. The summed E-state index contributed by atoms with van der Waals surface area (Å²) in [5, 5.41) is 4.96. The first-order chi connectivity index (χ1) is 10.7. The van der Waals surface area contributed by atoms with E-state index in [0.717, 1.165) is 22.6 Å². The molecule has 1 aromatic carbocycles. The fourth-order valence-electron chi connectivity index (χ4n) is 2.74. The van der Waals surface area contributed by atoms with Gasteiger partial charge in [-0.25, -0.2) is 9.37 Å². The number of benzene rings is 1. The number of thiazole rings is 1. The van der Waals surface area contributed by atoms with Gasteiger partial charge in [-0.05, 0) is 24.1 Å². The highest BCUT2D eigenvalue weighted by atomic mass is 32.1. The molecule has 1 aliphatic carbocycles. The van der Waals surface area contributed by atoms with Crippen molar-refractivity contribution in [1.82, 2.24) is 14.7 Å². The van der Waals surface area contributed by atoms with Crippen LogP contribution in [0.5, 0.6) is 0 Å². The molecule has 0 bridgehead atoms. The molecule has 3 aromatic rings. The molecule has 4 nitrogen and oxygen atoms in total. The van der Waals surface area contributed by atoms with Gasteiger partial charge in [0.15, 0.2) is 4.96 Å². The van der Waals surface area contributed by atoms with Gasteiger partial charge in [-0.3, -0.25) is 9.20 Å². The number of nitrogens with zero attached hydrogens (tertiary/aromatic N) is 2. The van der Waals surface area contributed by atoms with E-state index in [2.05, 4.69) is 10.3 Å². The lowest BCUT2D eigenvalue weighted by molar-refractivity contribution is -0.120. The summed E-state index contributed by atoms with van der Waals surface area (Å²) in [6, 6.07) is 6.70. The quantitative estimate of drug-likeness (QED) is 0.805. The van der Waals surface area contributed by atoms with Gasteiger partial charge in [-0.15, -0.1) is 11.3 Å². The minimum absolute atomic E-state index is 0.0327. The molecule has 1 saturated carbocycles. The van der Waals surface area contributed by atoms with Gasteiger partial charge < -0.3 is 5.32 Å². The van der Waals surface area contributed by atoms with Crippen molar-refractivity contribution in [3.63, 3.8) is 0 Å². The predicted octanol–water partition coefficient (Wildman–Crippen LogP) is 2.75. The minimum Gasteiger partial charge on any atom is -0.352 e. The third-order valence-corrected chi connectivity index (χ3v) is 4.67. The average Bonchev–Trinajstić information content (AvgIpc) is 2.91. The van der Waals surface area contributed by atoms with Gasteiger partial charge in [0.05, 0.1) is 12.1 Å². The van der Waals surface area contributed by atoms with Crippen LogP contribution in [0, 0.1) is 5.82 Å². The van der Waals surface area contributed by atoms with E-state index in [-0.39, 0.29) is 30.1 Å². The Morgan fingerprint density at radius 2 is 2.41 bits per heavy atom. The van der Waals surface area contributed by atoms with E-state index in [4.69, 9.17) is 0 Å². The van der Waals surface area contributed by atoms with Gasteiger partial charge in [0.25, 0.3) is 0 Å². The topological polar surface area (TPSA) is 46.4 Å². The summed E-state index contributed by atoms with van der Waals surface area (Å²) in [6.07, 6.45) is 4.95. The van der Waals surface area contributed by atoms with Crippen LogP contribution in [0.3, 0.4) is 0 Å². The first-order valence-electron chi connectivity index (χ1n) is 7.15. The van der Waals surface area contributed by atoms with Gasteiger partial charge >= 0.3 is 0 Å². The smallest absolute Gasteiger partial charge is 0.226 e. The van der Waals surface area contributed by atoms with Crippen molar-refractivity contribution >= 4 is 22.2 Å². The van der Waals surface area contributed by atoms with Gasteiger partial charge in [-0.1, -0.05) is 12.1 Å². The lowest BCUT2D eigenvalue weighted by atomic mass is 10.1. The van der Waals surface area contributed by atoms with E-state index < -0.39 is 0 Å². The van der Waals surface area contributed by atoms with Crippen LogP contribution >= 0.6 is 11.3 Å². The number of fused-ring (bicyclic) bond motifs is 1. The summed E-state index contributed by atoms with van der Waals surface area (Å²) >= 11 is 1.55. The molecule has 1 amide bonds. The Balaban J connectivity index is 1.36. The molecule has 22 heavy (non-hydrogen) atoms. The van der Waals surface area contributed by atoms with Crippen molar-refractivity contribution in [2.75, 3.05) is 0 Å². The second kappa shape index (κ2) is 5.21. The summed E-state index contributed by atoms with van der Waals surface area (Å²) in [4.78, 5) is 17.4. The SMILES string of the molecule is O=C(Cc1cn2ccsc2n1)N[C@@H]1C[C@H]1c1cccc(F)c1. The lowest BCUT2D eigenvalue weighted by Crippen LogP contribution is -2.28. The van der Waals surface area contributed by atoms with Crippen LogP contribution in [-0.4, -0.2) is 21.3 Å². The Labute approximate surface area is 130 Å². The molecule has 6 heteroatoms. The molecule has 1 N–H and O–H groups in total. The predicted molar refractivity (Wildman–Crippen MR) is 82.5 cm³/mol. The molecule has 0 aliphatic heterocycles. The zero-order chi connectivity index (χ0) is 15.1. The Kier molecular flexibility index (Phi) is 3.18. The van der Waals surface area contributed by atoms with Crippen LogP contribution in [-0.2, 0) is 11.2 Å². The first kappa shape index (κ1) is 13.5. The summed E-state index contributed by atoms with van der Waals surface area (Å²) in [6.45, 7) is 0. The lowest BCUT2D eigenvalue weighted by Gasteiger charge is -2.04. The molecule has 0 spiro atoms. The molecule has 0 unspecified atom stereocenters. The largest absolute Gasteiger partial charge is 0.352 e. The number of hydrogen-bond acceptors (Lipinski definition) is 3. The molecule has 0 radical (unpaired) electrons. The van der Waals surface area contributed by atoms with Crippen molar-refractivity contribution in [2.24, 2.45) is 0 Å². The van der Waals surface area contributed by atoms with Crippen LogP contribution in [0.25, 0.3) is 4.96 Å². The Bertz CT molecular complexity index is 812. The van der Waals surface area contributed by atoms with Crippen LogP contribution < -0.4 is 5.32 Å². The molecule has 1 aliphatic rings. The molecule has 1 fully saturated rings. The molecule has 112 valence electrons. The summed E-state index contributed by atoms with van der Waals surface area (Å²) in [5.41, 5.74) is 1.72. The Hall–Kier alpha value is -2.21. The molecule has 2 heterocycles. The summed E-state index contributed by atoms with van der Waals surface area (Å²) < 4.78 is 15.1. The highest BCUT2D eigenvalue weighted by Gasteiger charge is 2.39. The van der Waals surface area contributed by atoms with E-state index in [0.29, 0.717) is 0 Å². The maximum Gasteiger partial charge on any atom is 0.226 e. The van der Waals surface area contributed by atoms with Gasteiger partial charge in [0, 0.05) is 29.7 Å². The highest BCUT2D eigenvalue weighted by Crippen LogP contribution is 2.40. The standard InChI is InChI=1S/C16H14FN3OS/c17-11-3-1-2-10(6-11)13-8-14(13)19-15(21)7-12-9-20-4-5-22-16(20)18-12/h1-6,9,13-14H,7-8H2,(H,19,21)/t13-,14+/m0/s1. The van der Waals surface area contributed by atoms with Crippen molar-refractivity contribution in [3.05, 3.63) is 59.1 Å². The number of carbonyl (C=O) groups is 1. The molecule has 2 aromatic heterocycles. The minimum atomic E-state index is -0.229. The van der Waals surface area contributed by atoms with E-state index in [9.17, 15) is 9.18 Å². The molecular formula is C16H14FN3OS. The molecule has 2 atom stereocenters. The number of rotatable bonds is 4. The van der Waals surface area contributed by atoms with Crippen molar-refractivity contribution in [2.45, 2.75) is 24.8 Å². The van der Waals surface area contributed by atoms with E-state index >= 15 is 0 Å². The number of nitrogens with one attached hydrogen (secondary N) is 1. The van der Waals surface area contributed by atoms with Crippen LogP contribution in [0.2, 0.25) is 0 Å². The number of amides is 1. The van der Waals surface area contributed by atoms with Crippen molar-refractivity contribution in [3.8, 4) is 0 Å². The maximum absolute atomic E-state index is 13.2. The zero-order valence-electron chi connectivity index (χ0n) is 11.7. The van der Waals surface area contributed by atoms with Crippen LogP contribution in [0.15, 0.2) is 42.0 Å². The first-order valence-corrected chi connectivity index (χ1v) is 8.03. The third-order valence-electron chi connectivity index (χ3n) is 3.90. The van der Waals surface area contributed by atoms with Gasteiger partial charge in [0.2, 0.25) is 5.91 Å². The third kappa shape index (κ3) is 2.62. The number of hydrogen-bond donors (Lipinski definition) is 1.